The van der Waals surface area contributed by atoms with Gasteiger partial charge in [-0.2, -0.15) is 0 Å². The number of fused-ring (bicyclic) bond motifs is 3. The molecule has 10 nitrogen and oxygen atoms in total. The first-order valence-corrected chi connectivity index (χ1v) is 12.0. The first-order valence-electron chi connectivity index (χ1n) is 12.0. The summed E-state index contributed by atoms with van der Waals surface area (Å²) < 4.78 is 15.9. The third-order valence-corrected chi connectivity index (χ3v) is 6.80. The summed E-state index contributed by atoms with van der Waals surface area (Å²) in [4.78, 5) is 51.4. The lowest BCUT2D eigenvalue weighted by Crippen LogP contribution is -2.58. The zero-order chi connectivity index (χ0) is 26.9. The molecule has 2 aromatic carbocycles. The van der Waals surface area contributed by atoms with E-state index >= 15 is 0 Å². The number of amides is 2. The van der Waals surface area contributed by atoms with Crippen molar-refractivity contribution in [1.82, 2.24) is 10.2 Å². The van der Waals surface area contributed by atoms with Gasteiger partial charge in [0, 0.05) is 5.92 Å². The van der Waals surface area contributed by atoms with E-state index in [4.69, 9.17) is 14.2 Å². The maximum absolute atomic E-state index is 13.5. The van der Waals surface area contributed by atoms with Gasteiger partial charge in [-0.3, -0.25) is 14.5 Å². The highest BCUT2D eigenvalue weighted by molar-refractivity contribution is 5.93. The molecule has 4 rings (SSSR count). The molecule has 1 unspecified atom stereocenters. The largest absolute Gasteiger partial charge is 0.480 e. The van der Waals surface area contributed by atoms with E-state index in [9.17, 15) is 24.3 Å². The Kier molecular flexibility index (Phi) is 7.22. The molecule has 3 atom stereocenters. The van der Waals surface area contributed by atoms with Crippen LogP contribution < -0.4 is 5.32 Å². The van der Waals surface area contributed by atoms with Gasteiger partial charge in [-0.25, -0.2) is 9.59 Å². The highest BCUT2D eigenvalue weighted by atomic mass is 16.6. The molecule has 2 N–H and O–H groups in total. The summed E-state index contributed by atoms with van der Waals surface area (Å²) in [6, 6.07) is 13.0. The molecule has 0 saturated carbocycles. The molecular formula is C27H30N2O8. The summed E-state index contributed by atoms with van der Waals surface area (Å²) in [5.74, 6) is -3.00. The van der Waals surface area contributed by atoms with Crippen molar-refractivity contribution in [3.63, 3.8) is 0 Å². The fourth-order valence-electron chi connectivity index (χ4n) is 5.24. The molecule has 2 amide bonds. The summed E-state index contributed by atoms with van der Waals surface area (Å²) in [5, 5.41) is 12.2. The van der Waals surface area contributed by atoms with Crippen molar-refractivity contribution < 1.29 is 38.5 Å². The second kappa shape index (κ2) is 10.2. The topological polar surface area (TPSA) is 131 Å². The predicted molar refractivity (Wildman–Crippen MR) is 132 cm³/mol. The van der Waals surface area contributed by atoms with Gasteiger partial charge in [0.1, 0.15) is 18.4 Å². The van der Waals surface area contributed by atoms with E-state index in [0.29, 0.717) is 0 Å². The number of esters is 1. The fraction of sp³-hybridized carbons (Fsp3) is 0.407. The van der Waals surface area contributed by atoms with Gasteiger partial charge in [0.05, 0.1) is 19.6 Å². The number of aliphatic carboxylic acids is 1. The second-order valence-electron chi connectivity index (χ2n) is 9.56. The van der Waals surface area contributed by atoms with Gasteiger partial charge in [-0.05, 0) is 43.0 Å². The summed E-state index contributed by atoms with van der Waals surface area (Å²) in [6.45, 7) is 4.65. The van der Waals surface area contributed by atoms with Crippen LogP contribution in [0.5, 0.6) is 0 Å². The van der Waals surface area contributed by atoms with Crippen molar-refractivity contribution in [3.05, 3.63) is 59.7 Å². The van der Waals surface area contributed by atoms with E-state index < -0.39 is 54.3 Å². The van der Waals surface area contributed by atoms with Gasteiger partial charge in [0.25, 0.3) is 0 Å². The lowest BCUT2D eigenvalue weighted by molar-refractivity contribution is -0.158. The zero-order valence-electron chi connectivity index (χ0n) is 21.1. The Morgan fingerprint density at radius 3 is 2.16 bits per heavy atom. The van der Waals surface area contributed by atoms with E-state index in [0.717, 1.165) is 34.3 Å². The first-order chi connectivity index (χ1) is 17.5. The normalized spacial score (nSPS) is 20.5. The van der Waals surface area contributed by atoms with Crippen LogP contribution in [0.1, 0.15) is 44.2 Å². The lowest BCUT2D eigenvalue weighted by Gasteiger charge is -2.34. The van der Waals surface area contributed by atoms with E-state index in [1.807, 2.05) is 48.5 Å². The van der Waals surface area contributed by atoms with Crippen LogP contribution in [0.25, 0.3) is 11.1 Å². The summed E-state index contributed by atoms with van der Waals surface area (Å²) in [6.07, 6.45) is -2.22. The van der Waals surface area contributed by atoms with Crippen molar-refractivity contribution >= 4 is 23.9 Å². The van der Waals surface area contributed by atoms with Crippen molar-refractivity contribution in [3.8, 4) is 11.1 Å². The van der Waals surface area contributed by atoms with Gasteiger partial charge >= 0.3 is 18.0 Å². The zero-order valence-corrected chi connectivity index (χ0v) is 21.1. The van der Waals surface area contributed by atoms with E-state index in [2.05, 4.69) is 5.32 Å². The number of ether oxygens (including phenoxy) is 3. The summed E-state index contributed by atoms with van der Waals surface area (Å²) in [7, 11) is 1.15. The van der Waals surface area contributed by atoms with E-state index in [1.54, 1.807) is 20.8 Å². The molecule has 2 aliphatic rings. The number of nitrogens with zero attached hydrogens (tertiary/aromatic N) is 1. The van der Waals surface area contributed by atoms with Crippen LogP contribution in [0.15, 0.2) is 48.5 Å². The van der Waals surface area contributed by atoms with Crippen LogP contribution in [-0.4, -0.2) is 71.6 Å². The minimum Gasteiger partial charge on any atom is -0.480 e. The Bertz CT molecular complexity index is 1180. The Hall–Kier alpha value is -3.92. The third-order valence-electron chi connectivity index (χ3n) is 6.80. The van der Waals surface area contributed by atoms with Crippen LogP contribution in [0.4, 0.5) is 4.79 Å². The molecule has 10 heteroatoms. The number of carboxylic acids is 1. The quantitative estimate of drug-likeness (QED) is 0.544. The van der Waals surface area contributed by atoms with Gasteiger partial charge in [-0.1, -0.05) is 48.5 Å². The van der Waals surface area contributed by atoms with Crippen molar-refractivity contribution in [2.24, 2.45) is 0 Å². The maximum atomic E-state index is 13.5. The van der Waals surface area contributed by atoms with Crippen molar-refractivity contribution in [2.45, 2.75) is 57.0 Å². The molecule has 1 aliphatic heterocycles. The molecule has 2 aromatic rings. The Labute approximate surface area is 214 Å². The third kappa shape index (κ3) is 5.01. The van der Waals surface area contributed by atoms with Crippen LogP contribution in [0.3, 0.4) is 0 Å². The fourth-order valence-corrected chi connectivity index (χ4v) is 5.24. The number of benzene rings is 2. The monoisotopic (exact) mass is 510 g/mol. The Morgan fingerprint density at radius 2 is 1.62 bits per heavy atom. The minimum atomic E-state index is -1.42. The number of carbonyl (C=O) groups excluding carboxylic acids is 3. The number of nitrogens with one attached hydrogen (secondary N) is 1. The molecule has 196 valence electrons. The van der Waals surface area contributed by atoms with E-state index in [1.165, 1.54) is 0 Å². The highest BCUT2D eigenvalue weighted by Crippen LogP contribution is 2.44. The van der Waals surface area contributed by atoms with Gasteiger partial charge in [0.2, 0.25) is 5.91 Å². The number of rotatable bonds is 7. The smallest absolute Gasteiger partial charge is 0.407 e. The number of methoxy groups -OCH3 is 1. The number of alkyl carbamates (subject to hydrolysis) is 1. The molecule has 1 aliphatic carbocycles. The predicted octanol–water partition coefficient (Wildman–Crippen LogP) is 2.89. The SMILES string of the molecule is COC(=O)C[C@@H](NC(=O)OCC1c2ccccc2-c2ccccc21)C(=O)N1C(C(=O)O)[C@H](C)OC1(C)C. The standard InChI is InChI=1S/C27H30N2O8/c1-15-23(25(32)33)29(27(2,3)37-15)24(31)21(13-22(30)35-4)28-26(34)36-14-20-18-11-7-5-9-16(18)17-10-6-8-12-19(17)20/h5-12,15,20-21,23H,13-14H2,1-4H3,(H,28,34)(H,32,33)/t15-,21+,23?/m0/s1. The van der Waals surface area contributed by atoms with Crippen LogP contribution in [-0.2, 0) is 28.6 Å². The van der Waals surface area contributed by atoms with Gasteiger partial charge < -0.3 is 24.6 Å². The van der Waals surface area contributed by atoms with Crippen molar-refractivity contribution in [2.75, 3.05) is 13.7 Å². The molecule has 0 bridgehead atoms. The number of carbonyl (C=O) groups is 4. The average Bonchev–Trinajstić information content (AvgIpc) is 3.31. The van der Waals surface area contributed by atoms with Crippen LogP contribution in [0.2, 0.25) is 0 Å². The number of hydrogen-bond acceptors (Lipinski definition) is 7. The molecule has 0 radical (unpaired) electrons. The van der Waals surface area contributed by atoms with Crippen LogP contribution in [0, 0.1) is 0 Å². The summed E-state index contributed by atoms with van der Waals surface area (Å²) in [5.41, 5.74) is 2.89. The van der Waals surface area contributed by atoms with Gasteiger partial charge in [-0.15, -0.1) is 0 Å². The Balaban J connectivity index is 1.51. The molecular weight excluding hydrogens is 480 g/mol. The molecule has 37 heavy (non-hydrogen) atoms. The minimum absolute atomic E-state index is 0.00605. The molecule has 0 spiro atoms. The number of hydrogen-bond donors (Lipinski definition) is 2. The number of carboxylic acid groups (broad SMARTS) is 1. The molecule has 0 aromatic heterocycles. The molecule has 1 saturated heterocycles. The maximum Gasteiger partial charge on any atom is 0.407 e. The Morgan fingerprint density at radius 1 is 1.05 bits per heavy atom. The summed E-state index contributed by atoms with van der Waals surface area (Å²) >= 11 is 0. The van der Waals surface area contributed by atoms with Gasteiger partial charge in [0.15, 0.2) is 6.04 Å². The lowest BCUT2D eigenvalue weighted by atomic mass is 9.98. The van der Waals surface area contributed by atoms with Crippen molar-refractivity contribution in [1.29, 1.82) is 0 Å². The van der Waals surface area contributed by atoms with E-state index in [-0.39, 0.29) is 12.5 Å². The molecule has 1 fully saturated rings. The molecule has 1 heterocycles. The van der Waals surface area contributed by atoms with Crippen LogP contribution >= 0.6 is 0 Å². The highest BCUT2D eigenvalue weighted by Gasteiger charge is 2.53. The second-order valence-corrected chi connectivity index (χ2v) is 9.56. The first kappa shape index (κ1) is 26.2. The average molecular weight is 511 g/mol.